The van der Waals surface area contributed by atoms with Gasteiger partial charge in [0.2, 0.25) is 5.91 Å². The van der Waals surface area contributed by atoms with Crippen molar-refractivity contribution in [1.29, 1.82) is 0 Å². The maximum atomic E-state index is 12.8. The van der Waals surface area contributed by atoms with Crippen LogP contribution in [0.4, 0.5) is 0 Å². The van der Waals surface area contributed by atoms with Gasteiger partial charge in [-0.3, -0.25) is 14.7 Å². The van der Waals surface area contributed by atoms with Crippen LogP contribution in [0.25, 0.3) is 0 Å². The van der Waals surface area contributed by atoms with Gasteiger partial charge in [-0.15, -0.1) is 0 Å². The van der Waals surface area contributed by atoms with Gasteiger partial charge >= 0.3 is 0 Å². The second kappa shape index (κ2) is 7.94. The second-order valence-electron chi connectivity index (χ2n) is 6.84. The Hall–Kier alpha value is -1.66. The number of carbonyl (C=O) groups excluding carboxylic acids is 1. The van der Waals surface area contributed by atoms with E-state index in [2.05, 4.69) is 21.8 Å². The Balaban J connectivity index is 1.46. The molecule has 0 N–H and O–H groups in total. The number of nitrogens with zero attached hydrogens (tertiary/aromatic N) is 4. The predicted molar refractivity (Wildman–Crippen MR) is 93.0 cm³/mol. The number of hydrogen-bond acceptors (Lipinski definition) is 5. The Kier molecular flexibility index (Phi) is 5.68. The summed E-state index contributed by atoms with van der Waals surface area (Å²) in [4.78, 5) is 23.4. The van der Waals surface area contributed by atoms with E-state index in [0.29, 0.717) is 0 Å². The topological polar surface area (TPSA) is 48.9 Å². The molecule has 0 unspecified atom stereocenters. The second-order valence-corrected chi connectivity index (χ2v) is 6.84. The minimum absolute atomic E-state index is 0.0173. The molecule has 2 aliphatic heterocycles. The lowest BCUT2D eigenvalue weighted by molar-refractivity contribution is -0.138. The monoisotopic (exact) mass is 332 g/mol. The van der Waals surface area contributed by atoms with Crippen molar-refractivity contribution < 1.29 is 9.53 Å². The highest BCUT2D eigenvalue weighted by atomic mass is 16.5. The molecule has 3 heterocycles. The van der Waals surface area contributed by atoms with E-state index in [1.54, 1.807) is 12.4 Å². The van der Waals surface area contributed by atoms with E-state index in [0.717, 1.165) is 57.9 Å². The maximum Gasteiger partial charge on any atom is 0.239 e. The Morgan fingerprint density at radius 1 is 1.12 bits per heavy atom. The molecule has 0 radical (unpaired) electrons. The molecule has 24 heavy (non-hydrogen) atoms. The Labute approximate surface area is 144 Å². The molecule has 2 fully saturated rings. The van der Waals surface area contributed by atoms with Crippen LogP contribution >= 0.6 is 0 Å². The molecular formula is C18H28N4O2. The first-order chi connectivity index (χ1) is 11.6. The molecule has 0 spiro atoms. The van der Waals surface area contributed by atoms with Crippen molar-refractivity contribution in [2.24, 2.45) is 0 Å². The summed E-state index contributed by atoms with van der Waals surface area (Å²) in [7, 11) is 2.14. The first-order valence-corrected chi connectivity index (χ1v) is 8.91. The number of likely N-dealkylation sites (N-methyl/N-ethyl adjacent to an activating group) is 1. The number of piperidine rings is 1. The molecule has 1 atom stereocenters. The van der Waals surface area contributed by atoms with Gasteiger partial charge in [-0.05, 0) is 26.1 Å². The quantitative estimate of drug-likeness (QED) is 0.826. The third-order valence-corrected chi connectivity index (χ3v) is 5.15. The van der Waals surface area contributed by atoms with Crippen LogP contribution in [0.5, 0.6) is 5.75 Å². The average Bonchev–Trinajstić information content (AvgIpc) is 2.63. The first kappa shape index (κ1) is 17.2. The summed E-state index contributed by atoms with van der Waals surface area (Å²) in [6.07, 6.45) is 5.46. The van der Waals surface area contributed by atoms with Crippen LogP contribution in [0.1, 0.15) is 19.8 Å². The summed E-state index contributed by atoms with van der Waals surface area (Å²) >= 11 is 0. The summed E-state index contributed by atoms with van der Waals surface area (Å²) in [5, 5.41) is 0. The van der Waals surface area contributed by atoms with E-state index < -0.39 is 0 Å². The molecular weight excluding hydrogens is 304 g/mol. The molecule has 132 valence electrons. The molecule has 0 aromatic carbocycles. The van der Waals surface area contributed by atoms with Crippen LogP contribution in [-0.2, 0) is 4.79 Å². The van der Waals surface area contributed by atoms with Crippen LogP contribution in [0.15, 0.2) is 24.5 Å². The fourth-order valence-corrected chi connectivity index (χ4v) is 3.43. The standard InChI is InChI=1S/C18H28N4O2/c1-15(21-13-11-20(2)12-14-21)18(23)22-9-5-17(6-10-22)24-16-3-7-19-8-4-16/h3-4,7-8,15,17H,5-6,9-14H2,1-2H3/t15-/m1/s1. The largest absolute Gasteiger partial charge is 0.490 e. The molecule has 2 saturated heterocycles. The Bertz CT molecular complexity index is 523. The Morgan fingerprint density at radius 2 is 1.75 bits per heavy atom. The fraction of sp³-hybridized carbons (Fsp3) is 0.667. The number of carbonyl (C=O) groups is 1. The van der Waals surface area contributed by atoms with Crippen LogP contribution in [0, 0.1) is 0 Å². The number of hydrogen-bond donors (Lipinski definition) is 0. The summed E-state index contributed by atoms with van der Waals surface area (Å²) in [6, 6.07) is 3.75. The zero-order chi connectivity index (χ0) is 16.9. The normalized spacial score (nSPS) is 22.3. The van der Waals surface area contributed by atoms with Crippen LogP contribution in [0.3, 0.4) is 0 Å². The van der Waals surface area contributed by atoms with E-state index in [1.165, 1.54) is 0 Å². The Morgan fingerprint density at radius 3 is 2.38 bits per heavy atom. The predicted octanol–water partition coefficient (Wildman–Crippen LogP) is 1.09. The molecule has 6 heteroatoms. The zero-order valence-corrected chi connectivity index (χ0v) is 14.7. The molecule has 0 bridgehead atoms. The van der Waals surface area contributed by atoms with Crippen molar-refractivity contribution >= 4 is 5.91 Å². The van der Waals surface area contributed by atoms with Crippen LogP contribution in [0.2, 0.25) is 0 Å². The lowest BCUT2D eigenvalue weighted by atomic mass is 10.1. The minimum Gasteiger partial charge on any atom is -0.490 e. The van der Waals surface area contributed by atoms with Crippen molar-refractivity contribution in [1.82, 2.24) is 19.7 Å². The maximum absolute atomic E-state index is 12.8. The van der Waals surface area contributed by atoms with Gasteiger partial charge in [0, 0.05) is 64.5 Å². The molecule has 1 aromatic rings. The minimum atomic E-state index is -0.0173. The van der Waals surface area contributed by atoms with Crippen LogP contribution in [-0.4, -0.2) is 84.1 Å². The van der Waals surface area contributed by atoms with Crippen LogP contribution < -0.4 is 4.74 Å². The van der Waals surface area contributed by atoms with E-state index in [-0.39, 0.29) is 18.1 Å². The highest BCUT2D eigenvalue weighted by molar-refractivity contribution is 5.81. The summed E-state index contributed by atoms with van der Waals surface area (Å²) in [5.41, 5.74) is 0. The molecule has 3 rings (SSSR count). The van der Waals surface area contributed by atoms with E-state index >= 15 is 0 Å². The van der Waals surface area contributed by atoms with Gasteiger partial charge in [-0.2, -0.15) is 0 Å². The van der Waals surface area contributed by atoms with Gasteiger partial charge < -0.3 is 14.5 Å². The van der Waals surface area contributed by atoms with E-state index in [4.69, 9.17) is 4.74 Å². The van der Waals surface area contributed by atoms with Crippen molar-refractivity contribution in [3.63, 3.8) is 0 Å². The third-order valence-electron chi connectivity index (χ3n) is 5.15. The third kappa shape index (κ3) is 4.24. The molecule has 1 aromatic heterocycles. The number of likely N-dealkylation sites (tertiary alicyclic amines) is 1. The lowest BCUT2D eigenvalue weighted by Gasteiger charge is -2.39. The number of pyridine rings is 1. The molecule has 6 nitrogen and oxygen atoms in total. The summed E-state index contributed by atoms with van der Waals surface area (Å²) in [6.45, 7) is 7.65. The molecule has 0 aliphatic carbocycles. The summed E-state index contributed by atoms with van der Waals surface area (Å²) < 4.78 is 5.98. The van der Waals surface area contributed by atoms with Crippen molar-refractivity contribution in [3.8, 4) is 5.75 Å². The highest BCUT2D eigenvalue weighted by Gasteiger charge is 2.30. The van der Waals surface area contributed by atoms with Crippen molar-refractivity contribution in [2.45, 2.75) is 31.9 Å². The van der Waals surface area contributed by atoms with Gasteiger partial charge in [0.05, 0.1) is 6.04 Å². The number of aromatic nitrogens is 1. The fourth-order valence-electron chi connectivity index (χ4n) is 3.43. The number of amides is 1. The first-order valence-electron chi connectivity index (χ1n) is 8.91. The average molecular weight is 332 g/mol. The lowest BCUT2D eigenvalue weighted by Crippen LogP contribution is -2.55. The highest BCUT2D eigenvalue weighted by Crippen LogP contribution is 2.19. The van der Waals surface area contributed by atoms with E-state index in [9.17, 15) is 4.79 Å². The van der Waals surface area contributed by atoms with Crippen molar-refractivity contribution in [3.05, 3.63) is 24.5 Å². The number of piperazine rings is 1. The van der Waals surface area contributed by atoms with E-state index in [1.807, 2.05) is 24.0 Å². The molecule has 2 aliphatic rings. The number of rotatable bonds is 4. The van der Waals surface area contributed by atoms with Gasteiger partial charge in [0.1, 0.15) is 11.9 Å². The van der Waals surface area contributed by atoms with Crippen molar-refractivity contribution in [2.75, 3.05) is 46.3 Å². The zero-order valence-electron chi connectivity index (χ0n) is 14.7. The van der Waals surface area contributed by atoms with Gasteiger partial charge in [-0.25, -0.2) is 0 Å². The molecule has 1 amide bonds. The molecule has 0 saturated carbocycles. The smallest absolute Gasteiger partial charge is 0.239 e. The number of ether oxygens (including phenoxy) is 1. The summed E-state index contributed by atoms with van der Waals surface area (Å²) in [5.74, 6) is 1.13. The van der Waals surface area contributed by atoms with Gasteiger partial charge in [0.25, 0.3) is 0 Å². The SMILES string of the molecule is C[C@H](C(=O)N1CCC(Oc2ccncc2)CC1)N1CCN(C)CC1. The van der Waals surface area contributed by atoms with Gasteiger partial charge in [-0.1, -0.05) is 0 Å². The van der Waals surface area contributed by atoms with Gasteiger partial charge in [0.15, 0.2) is 0 Å².